The van der Waals surface area contributed by atoms with E-state index in [-0.39, 0.29) is 11.4 Å². The van der Waals surface area contributed by atoms with E-state index in [9.17, 15) is 0 Å². The third kappa shape index (κ3) is 1.38. The normalized spacial score (nSPS) is 21.7. The fourth-order valence-corrected chi connectivity index (χ4v) is 1.36. The summed E-state index contributed by atoms with van der Waals surface area (Å²) in [5, 5.41) is 0. The van der Waals surface area contributed by atoms with Gasteiger partial charge in [0.1, 0.15) is 0 Å². The first kappa shape index (κ1) is 3.95. The van der Waals surface area contributed by atoms with E-state index >= 15 is 0 Å². The van der Waals surface area contributed by atoms with Crippen molar-refractivity contribution in [3.63, 3.8) is 0 Å². The maximum absolute atomic E-state index is 7.52. The van der Waals surface area contributed by atoms with Crippen LogP contribution < -0.4 is 4.68 Å². The lowest BCUT2D eigenvalue weighted by atomic mass is 10.1. The van der Waals surface area contributed by atoms with Gasteiger partial charge in [-0.1, -0.05) is 0 Å². The van der Waals surface area contributed by atoms with E-state index in [0.717, 1.165) is 0 Å². The third-order valence-corrected chi connectivity index (χ3v) is 1.79. The zero-order valence-electron chi connectivity index (χ0n) is 14.0. The topological polar surface area (TPSA) is 8.81 Å². The minimum absolute atomic E-state index is 0.0311. The minimum atomic E-state index is -2.34. The van der Waals surface area contributed by atoms with Gasteiger partial charge in [-0.15, -0.1) is 4.68 Å². The molecule has 1 rings (SSSR count). The van der Waals surface area contributed by atoms with Crippen LogP contribution in [-0.4, -0.2) is 4.68 Å². The Kier molecular flexibility index (Phi) is 0.859. The van der Waals surface area contributed by atoms with Crippen molar-refractivity contribution >= 4 is 0 Å². The van der Waals surface area contributed by atoms with Crippen molar-refractivity contribution in [1.82, 2.24) is 4.68 Å². The Balaban J connectivity index is 3.63. The lowest BCUT2D eigenvalue weighted by Gasteiger charge is -2.18. The Morgan fingerprint density at radius 2 is 2.08 bits per heavy atom. The highest BCUT2D eigenvalue weighted by atomic mass is 15.4. The highest BCUT2D eigenvalue weighted by Gasteiger charge is 2.24. The van der Waals surface area contributed by atoms with Crippen LogP contribution in [0.25, 0.3) is 0 Å². The van der Waals surface area contributed by atoms with Crippen LogP contribution in [0.2, 0.25) is 0 Å². The largest absolute Gasteiger partial charge is 0.204 e. The second-order valence-corrected chi connectivity index (χ2v) is 3.92. The van der Waals surface area contributed by atoms with Crippen LogP contribution in [0.1, 0.15) is 40.4 Å². The van der Waals surface area contributed by atoms with E-state index in [4.69, 9.17) is 8.22 Å². The Bertz CT molecular complexity index is 447. The minimum Gasteiger partial charge on any atom is -0.153 e. The van der Waals surface area contributed by atoms with Crippen LogP contribution in [-0.2, 0) is 12.6 Å². The maximum Gasteiger partial charge on any atom is 0.204 e. The Hall–Kier alpha value is -0.790. The van der Waals surface area contributed by atoms with E-state index in [1.165, 1.54) is 15.4 Å². The molecule has 0 atom stereocenters. The van der Waals surface area contributed by atoms with E-state index in [1.807, 2.05) is 20.8 Å². The third-order valence-electron chi connectivity index (χ3n) is 1.79. The molecule has 0 spiro atoms. The molecule has 0 radical (unpaired) electrons. The van der Waals surface area contributed by atoms with Gasteiger partial charge >= 0.3 is 0 Å². The molecule has 0 saturated carbocycles. The molecule has 12 heavy (non-hydrogen) atoms. The van der Waals surface area contributed by atoms with Crippen LogP contribution in [0.3, 0.4) is 0 Å². The molecule has 0 aliphatic carbocycles. The summed E-state index contributed by atoms with van der Waals surface area (Å²) in [4.78, 5) is 0. The summed E-state index contributed by atoms with van der Waals surface area (Å²) < 4.78 is 47.8. The van der Waals surface area contributed by atoms with Crippen molar-refractivity contribution in [3.8, 4) is 0 Å². The van der Waals surface area contributed by atoms with Gasteiger partial charge in [0.2, 0.25) is 5.69 Å². The molecule has 2 nitrogen and oxygen atoms in total. The molecular formula is C10H19N2+. The van der Waals surface area contributed by atoms with Gasteiger partial charge in [0.15, 0.2) is 7.05 Å². The van der Waals surface area contributed by atoms with E-state index in [2.05, 4.69) is 0 Å². The summed E-state index contributed by atoms with van der Waals surface area (Å²) in [6.07, 6.45) is 0. The molecule has 0 aromatic carbocycles. The standard InChI is InChI=1S/C10H19N2/c1-8-7-9(2)12(11(8)6)10(3,4)5/h7H,1-6H3/q+1/i1D3,2D3. The number of rotatable bonds is 0. The summed E-state index contributed by atoms with van der Waals surface area (Å²) in [6, 6.07) is 1.26. The zero-order chi connectivity index (χ0) is 14.5. The molecule has 0 saturated heterocycles. The lowest BCUT2D eigenvalue weighted by molar-refractivity contribution is -0.765. The molecule has 1 aromatic rings. The second-order valence-electron chi connectivity index (χ2n) is 3.92. The smallest absolute Gasteiger partial charge is 0.153 e. The highest BCUT2D eigenvalue weighted by Crippen LogP contribution is 2.14. The van der Waals surface area contributed by atoms with Gasteiger partial charge in [-0.3, -0.25) is 0 Å². The second kappa shape index (κ2) is 2.61. The summed E-state index contributed by atoms with van der Waals surface area (Å²) in [7, 11) is 1.57. The number of aryl methyl sites for hydroxylation is 2. The molecule has 0 aliphatic rings. The van der Waals surface area contributed by atoms with Crippen molar-refractivity contribution in [2.24, 2.45) is 7.05 Å². The van der Waals surface area contributed by atoms with Gasteiger partial charge in [-0.2, -0.15) is 4.68 Å². The molecule has 0 bridgehead atoms. The monoisotopic (exact) mass is 173 g/mol. The first-order valence-electron chi connectivity index (χ1n) is 6.90. The van der Waals surface area contributed by atoms with E-state index in [0.29, 0.717) is 0 Å². The molecule has 2 heteroatoms. The van der Waals surface area contributed by atoms with Crippen molar-refractivity contribution < 1.29 is 12.9 Å². The molecule has 1 aromatic heterocycles. The molecule has 1 heterocycles. The number of hydrogen-bond donors (Lipinski definition) is 0. The SMILES string of the molecule is [2H]C([2H])([2H])c1cc(C([2H])([2H])[2H])[n+](C)n1C(C)(C)C. The quantitative estimate of drug-likeness (QED) is 0.528. The van der Waals surface area contributed by atoms with Crippen LogP contribution >= 0.6 is 0 Å². The van der Waals surface area contributed by atoms with Gasteiger partial charge in [0.25, 0.3) is 0 Å². The first-order chi connectivity index (χ1) is 7.76. The average Bonchev–Trinajstić information content (AvgIpc) is 2.39. The maximum atomic E-state index is 7.52. The molecule has 0 unspecified atom stereocenters. The molecule has 68 valence electrons. The Labute approximate surface area is 83.2 Å². The van der Waals surface area contributed by atoms with Crippen molar-refractivity contribution in [1.29, 1.82) is 0 Å². The summed E-state index contributed by atoms with van der Waals surface area (Å²) in [5.41, 5.74) is -0.436. The number of aromatic nitrogens is 2. The molecule has 0 aliphatic heterocycles. The van der Waals surface area contributed by atoms with Crippen molar-refractivity contribution in [2.75, 3.05) is 0 Å². The van der Waals surface area contributed by atoms with E-state index in [1.54, 1.807) is 7.05 Å². The molecule has 0 N–H and O–H groups in total. The van der Waals surface area contributed by atoms with Crippen molar-refractivity contribution in [3.05, 3.63) is 17.5 Å². The molecule has 0 fully saturated rings. The van der Waals surface area contributed by atoms with Gasteiger partial charge in [0.05, 0.1) is 11.2 Å². The van der Waals surface area contributed by atoms with Crippen molar-refractivity contribution in [2.45, 2.75) is 40.0 Å². The average molecular weight is 173 g/mol. The lowest BCUT2D eigenvalue weighted by Crippen LogP contribution is -2.48. The Morgan fingerprint density at radius 1 is 1.42 bits per heavy atom. The van der Waals surface area contributed by atoms with Gasteiger partial charge in [-0.25, -0.2) is 0 Å². The zero-order valence-corrected chi connectivity index (χ0v) is 7.97. The van der Waals surface area contributed by atoms with Gasteiger partial charge in [0, 0.05) is 21.1 Å². The number of nitrogens with zero attached hydrogens (tertiary/aromatic N) is 2. The predicted octanol–water partition coefficient (Wildman–Crippen LogP) is 1.68. The molecular weight excluding hydrogens is 148 g/mol. The van der Waals surface area contributed by atoms with Gasteiger partial charge < -0.3 is 0 Å². The summed E-state index contributed by atoms with van der Waals surface area (Å²) in [5.74, 6) is 0. The Morgan fingerprint density at radius 3 is 2.42 bits per heavy atom. The predicted molar refractivity (Wildman–Crippen MR) is 50.1 cm³/mol. The summed E-state index contributed by atoms with van der Waals surface area (Å²) >= 11 is 0. The summed E-state index contributed by atoms with van der Waals surface area (Å²) in [6.45, 7) is 0.850. The van der Waals surface area contributed by atoms with Crippen LogP contribution in [0.4, 0.5) is 0 Å². The van der Waals surface area contributed by atoms with Crippen LogP contribution in [0.15, 0.2) is 6.07 Å². The fourth-order valence-electron chi connectivity index (χ4n) is 1.36. The van der Waals surface area contributed by atoms with Gasteiger partial charge in [-0.05, 0) is 27.6 Å². The highest BCUT2D eigenvalue weighted by molar-refractivity contribution is 5.03. The first-order valence-corrected chi connectivity index (χ1v) is 3.90. The van der Waals surface area contributed by atoms with Crippen LogP contribution in [0, 0.1) is 13.7 Å². The fraction of sp³-hybridized carbons (Fsp3) is 0.700. The van der Waals surface area contributed by atoms with Crippen LogP contribution in [0.5, 0.6) is 0 Å². The molecule has 0 amide bonds. The number of hydrogen-bond acceptors (Lipinski definition) is 0. The van der Waals surface area contributed by atoms with E-state index < -0.39 is 19.2 Å².